The van der Waals surface area contributed by atoms with Gasteiger partial charge in [-0.1, -0.05) is 0 Å². The number of halogens is 1. The van der Waals surface area contributed by atoms with E-state index in [1.807, 2.05) is 0 Å². The van der Waals surface area contributed by atoms with Gasteiger partial charge in [0.25, 0.3) is 5.91 Å². The molecule has 24 heavy (non-hydrogen) atoms. The van der Waals surface area contributed by atoms with Gasteiger partial charge in [-0.05, 0) is 24.3 Å². The lowest BCUT2D eigenvalue weighted by atomic mass is 10.0. The van der Waals surface area contributed by atoms with E-state index in [1.165, 1.54) is 33.5 Å². The lowest BCUT2D eigenvalue weighted by Gasteiger charge is -2.42. The lowest BCUT2D eigenvalue weighted by molar-refractivity contribution is -0.145. The summed E-state index contributed by atoms with van der Waals surface area (Å²) in [6.45, 7) is 0.764. The quantitative estimate of drug-likeness (QED) is 0.756. The highest BCUT2D eigenvalue weighted by Crippen LogP contribution is 2.28. The van der Waals surface area contributed by atoms with Crippen molar-refractivity contribution in [3.63, 3.8) is 0 Å². The van der Waals surface area contributed by atoms with Crippen LogP contribution < -0.4 is 4.90 Å². The minimum atomic E-state index is -3.41. The molecule has 0 aromatic heterocycles. The first kappa shape index (κ1) is 17.3. The van der Waals surface area contributed by atoms with Gasteiger partial charge in [0.2, 0.25) is 10.0 Å². The number of nitrogens with zero attached hydrogens (tertiary/aromatic N) is 2. The van der Waals surface area contributed by atoms with Gasteiger partial charge in [0.05, 0.1) is 26.0 Å². The molecule has 1 aromatic rings. The van der Waals surface area contributed by atoms with Crippen LogP contribution in [0.1, 0.15) is 0 Å². The Morgan fingerprint density at radius 3 is 2.58 bits per heavy atom. The second-order valence-corrected chi connectivity index (χ2v) is 8.06. The van der Waals surface area contributed by atoms with Crippen LogP contribution in [-0.2, 0) is 24.3 Å². The summed E-state index contributed by atoms with van der Waals surface area (Å²) in [6, 6.07) is 5.57. The third-order valence-corrected chi connectivity index (χ3v) is 5.42. The largest absolute Gasteiger partial charge is 0.377 e. The van der Waals surface area contributed by atoms with Crippen molar-refractivity contribution in [2.24, 2.45) is 0 Å². The van der Waals surface area contributed by atoms with E-state index in [-0.39, 0.29) is 45.4 Å². The van der Waals surface area contributed by atoms with E-state index >= 15 is 0 Å². The number of anilines is 1. The molecule has 0 N–H and O–H groups in total. The molecule has 1 spiro atoms. The molecular weight excluding hydrogens is 339 g/mol. The normalized spacial score (nSPS) is 26.6. The molecule has 2 heterocycles. The third kappa shape index (κ3) is 3.59. The van der Waals surface area contributed by atoms with Gasteiger partial charge in [0.15, 0.2) is 0 Å². The van der Waals surface area contributed by atoms with E-state index in [2.05, 4.69) is 0 Å². The van der Waals surface area contributed by atoms with Crippen LogP contribution in [0.3, 0.4) is 0 Å². The average molecular weight is 358 g/mol. The highest BCUT2D eigenvalue weighted by molar-refractivity contribution is 7.88. The SMILES string of the molecule is CS(=O)(=O)N1CCOC[C@]2(CN(c3ccc(F)cc3)C(=O)CO2)C1. The van der Waals surface area contributed by atoms with E-state index < -0.39 is 21.4 Å². The number of hydrogen-bond donors (Lipinski definition) is 0. The van der Waals surface area contributed by atoms with E-state index in [9.17, 15) is 17.6 Å². The minimum Gasteiger partial charge on any atom is -0.377 e. The molecule has 3 rings (SSSR count). The number of hydrogen-bond acceptors (Lipinski definition) is 5. The van der Waals surface area contributed by atoms with Gasteiger partial charge < -0.3 is 14.4 Å². The summed E-state index contributed by atoms with van der Waals surface area (Å²) in [5.41, 5.74) is -0.402. The maximum atomic E-state index is 13.1. The first-order chi connectivity index (χ1) is 11.3. The second-order valence-electron chi connectivity index (χ2n) is 6.08. The van der Waals surface area contributed by atoms with Crippen molar-refractivity contribution in [2.75, 3.05) is 50.6 Å². The Labute approximate surface area is 140 Å². The number of carbonyl (C=O) groups excluding carboxylic acids is 1. The first-order valence-electron chi connectivity index (χ1n) is 7.52. The van der Waals surface area contributed by atoms with Crippen LogP contribution in [0.4, 0.5) is 10.1 Å². The van der Waals surface area contributed by atoms with Gasteiger partial charge in [-0.3, -0.25) is 4.79 Å². The molecule has 0 radical (unpaired) electrons. The molecule has 0 aliphatic carbocycles. The molecule has 2 saturated heterocycles. The Morgan fingerprint density at radius 1 is 1.21 bits per heavy atom. The van der Waals surface area contributed by atoms with Gasteiger partial charge in [-0.15, -0.1) is 0 Å². The average Bonchev–Trinajstić information content (AvgIpc) is 2.74. The molecule has 2 fully saturated rings. The smallest absolute Gasteiger partial charge is 0.253 e. The maximum Gasteiger partial charge on any atom is 0.253 e. The molecule has 0 bridgehead atoms. The van der Waals surface area contributed by atoms with Crippen molar-refractivity contribution in [2.45, 2.75) is 5.60 Å². The van der Waals surface area contributed by atoms with Gasteiger partial charge in [0.1, 0.15) is 18.0 Å². The van der Waals surface area contributed by atoms with E-state index in [0.717, 1.165) is 6.26 Å². The molecule has 0 saturated carbocycles. The number of rotatable bonds is 2. The molecule has 9 heteroatoms. The number of carbonyl (C=O) groups is 1. The summed E-state index contributed by atoms with van der Waals surface area (Å²) in [5.74, 6) is -0.655. The fraction of sp³-hybridized carbons (Fsp3) is 0.533. The summed E-state index contributed by atoms with van der Waals surface area (Å²) in [4.78, 5) is 13.7. The molecule has 1 atom stereocenters. The van der Waals surface area contributed by atoms with Crippen molar-refractivity contribution in [1.82, 2.24) is 4.31 Å². The number of sulfonamides is 1. The molecule has 0 unspecified atom stereocenters. The molecule has 1 aromatic carbocycles. The van der Waals surface area contributed by atoms with E-state index in [4.69, 9.17) is 9.47 Å². The van der Waals surface area contributed by atoms with Crippen molar-refractivity contribution < 1.29 is 27.1 Å². The van der Waals surface area contributed by atoms with Crippen LogP contribution in [-0.4, -0.2) is 69.9 Å². The Bertz CT molecular complexity index is 724. The Balaban J connectivity index is 1.87. The predicted molar refractivity (Wildman–Crippen MR) is 84.7 cm³/mol. The number of morpholine rings is 1. The highest BCUT2D eigenvalue weighted by atomic mass is 32.2. The van der Waals surface area contributed by atoms with Gasteiger partial charge >= 0.3 is 0 Å². The van der Waals surface area contributed by atoms with Crippen LogP contribution in [0.25, 0.3) is 0 Å². The van der Waals surface area contributed by atoms with Crippen molar-refractivity contribution in [1.29, 1.82) is 0 Å². The fourth-order valence-electron chi connectivity index (χ4n) is 2.91. The van der Waals surface area contributed by atoms with Crippen molar-refractivity contribution in [3.8, 4) is 0 Å². The summed E-state index contributed by atoms with van der Waals surface area (Å²) in [6.07, 6.45) is 1.14. The topological polar surface area (TPSA) is 76.2 Å². The van der Waals surface area contributed by atoms with Crippen molar-refractivity contribution in [3.05, 3.63) is 30.1 Å². The lowest BCUT2D eigenvalue weighted by Crippen LogP contribution is -2.61. The molecule has 2 aliphatic heterocycles. The Hall–Kier alpha value is -1.55. The third-order valence-electron chi connectivity index (χ3n) is 4.17. The van der Waals surface area contributed by atoms with Crippen LogP contribution >= 0.6 is 0 Å². The summed E-state index contributed by atoms with van der Waals surface area (Å²) >= 11 is 0. The second kappa shape index (κ2) is 6.40. The summed E-state index contributed by atoms with van der Waals surface area (Å²) in [7, 11) is -3.41. The van der Waals surface area contributed by atoms with Crippen LogP contribution in [0.5, 0.6) is 0 Å². The van der Waals surface area contributed by atoms with Gasteiger partial charge in [-0.2, -0.15) is 4.31 Å². The zero-order valence-corrected chi connectivity index (χ0v) is 14.1. The molecular formula is C15H19FN2O5S. The standard InChI is InChI=1S/C15H19FN2O5S/c1-24(20,21)17-6-7-22-11-15(9-17)10-18(14(19)8-23-15)13-4-2-12(16)3-5-13/h2-5H,6-11H2,1H3/t15-/m1/s1. The number of ether oxygens (including phenoxy) is 2. The Kier molecular flexibility index (Phi) is 4.60. The number of amides is 1. The minimum absolute atomic E-state index is 0.108. The van der Waals surface area contributed by atoms with Crippen LogP contribution in [0, 0.1) is 5.82 Å². The monoisotopic (exact) mass is 358 g/mol. The van der Waals surface area contributed by atoms with Crippen LogP contribution in [0.15, 0.2) is 24.3 Å². The molecule has 7 nitrogen and oxygen atoms in total. The van der Waals surface area contributed by atoms with Crippen molar-refractivity contribution >= 4 is 21.6 Å². The van der Waals surface area contributed by atoms with E-state index in [0.29, 0.717) is 5.69 Å². The summed E-state index contributed by atoms with van der Waals surface area (Å²) < 4.78 is 49.5. The maximum absolute atomic E-state index is 13.1. The first-order valence-corrected chi connectivity index (χ1v) is 9.37. The van der Waals surface area contributed by atoms with Gasteiger partial charge in [-0.25, -0.2) is 12.8 Å². The molecule has 2 aliphatic rings. The fourth-order valence-corrected chi connectivity index (χ4v) is 3.78. The predicted octanol–water partition coefficient (Wildman–Crippen LogP) is 0.220. The molecule has 132 valence electrons. The zero-order valence-electron chi connectivity index (χ0n) is 13.3. The zero-order chi connectivity index (χ0) is 17.4. The molecule has 1 amide bonds. The summed E-state index contributed by atoms with van der Waals surface area (Å²) in [5, 5.41) is 0. The highest BCUT2D eigenvalue weighted by Gasteiger charge is 2.44. The van der Waals surface area contributed by atoms with Gasteiger partial charge in [0, 0.05) is 18.8 Å². The van der Waals surface area contributed by atoms with Crippen LogP contribution in [0.2, 0.25) is 0 Å². The number of benzene rings is 1. The van der Waals surface area contributed by atoms with E-state index in [1.54, 1.807) is 0 Å². The Morgan fingerprint density at radius 2 is 1.92 bits per heavy atom.